The minimum absolute atomic E-state index is 0.0229. The first-order chi connectivity index (χ1) is 12.4. The van der Waals surface area contributed by atoms with Crippen LogP contribution in [0, 0.1) is 0 Å². The second-order valence-corrected chi connectivity index (χ2v) is 5.92. The summed E-state index contributed by atoms with van der Waals surface area (Å²) >= 11 is 0. The van der Waals surface area contributed by atoms with Crippen molar-refractivity contribution in [3.8, 4) is 0 Å². The third-order valence-corrected chi connectivity index (χ3v) is 3.44. The monoisotopic (exact) mass is 352 g/mol. The van der Waals surface area contributed by atoms with E-state index in [2.05, 4.69) is 10.6 Å². The van der Waals surface area contributed by atoms with E-state index >= 15 is 0 Å². The summed E-state index contributed by atoms with van der Waals surface area (Å²) < 4.78 is 0. The molecule has 2 aromatic carbocycles. The maximum Gasteiger partial charge on any atom is 0.337 e. The van der Waals surface area contributed by atoms with Gasteiger partial charge < -0.3 is 15.7 Å². The van der Waals surface area contributed by atoms with Gasteiger partial charge in [0.2, 0.25) is 5.91 Å². The van der Waals surface area contributed by atoms with Crippen LogP contribution in [-0.2, 0) is 4.79 Å². The second kappa shape index (κ2) is 8.62. The quantitative estimate of drug-likeness (QED) is 0.696. The lowest BCUT2D eigenvalue weighted by Gasteiger charge is -2.08. The number of anilines is 1. The normalized spacial score (nSPS) is 10.7. The van der Waals surface area contributed by atoms with Crippen LogP contribution in [0.3, 0.4) is 0 Å². The molecule has 2 amide bonds. The van der Waals surface area contributed by atoms with Gasteiger partial charge in [-0.3, -0.25) is 9.59 Å². The van der Waals surface area contributed by atoms with E-state index in [1.54, 1.807) is 42.5 Å². The molecule has 0 unspecified atom stereocenters. The third kappa shape index (κ3) is 5.31. The summed E-state index contributed by atoms with van der Waals surface area (Å²) in [6.07, 6.45) is 2.89. The lowest BCUT2D eigenvalue weighted by atomic mass is 10.1. The Morgan fingerprint density at radius 2 is 1.65 bits per heavy atom. The number of nitrogens with one attached hydrogen (secondary N) is 2. The van der Waals surface area contributed by atoms with Crippen molar-refractivity contribution < 1.29 is 19.5 Å². The first kappa shape index (κ1) is 18.9. The first-order valence-corrected chi connectivity index (χ1v) is 8.09. The highest BCUT2D eigenvalue weighted by atomic mass is 16.4. The third-order valence-electron chi connectivity index (χ3n) is 3.44. The van der Waals surface area contributed by atoms with E-state index < -0.39 is 11.9 Å². The first-order valence-electron chi connectivity index (χ1n) is 8.09. The molecule has 3 N–H and O–H groups in total. The van der Waals surface area contributed by atoms with Crippen LogP contribution < -0.4 is 10.6 Å². The molecule has 0 aromatic heterocycles. The standard InChI is InChI=1S/C20H20N2O4/c1-13(2)21-19(24)15-10-7-14(8-11-15)9-12-18(23)22-17-6-4-3-5-16(17)20(25)26/h3-13H,1-2H3,(H,21,24)(H,22,23)(H,25,26)/b12-9+. The molecule has 0 heterocycles. The van der Waals surface area contributed by atoms with Gasteiger partial charge in [-0.15, -0.1) is 0 Å². The summed E-state index contributed by atoms with van der Waals surface area (Å²) in [7, 11) is 0. The Bertz CT molecular complexity index is 839. The van der Waals surface area contributed by atoms with E-state index in [9.17, 15) is 14.4 Å². The maximum absolute atomic E-state index is 12.0. The van der Waals surface area contributed by atoms with Crippen LogP contribution in [0.5, 0.6) is 0 Å². The molecule has 0 saturated carbocycles. The summed E-state index contributed by atoms with van der Waals surface area (Å²) in [6, 6.07) is 13.0. The molecule has 6 nitrogen and oxygen atoms in total. The predicted octanol–water partition coefficient (Wildman–Crippen LogP) is 3.17. The number of carbonyl (C=O) groups excluding carboxylic acids is 2. The molecular formula is C20H20N2O4. The average molecular weight is 352 g/mol. The average Bonchev–Trinajstić information content (AvgIpc) is 2.60. The Balaban J connectivity index is 2.02. The molecular weight excluding hydrogens is 332 g/mol. The van der Waals surface area contributed by atoms with Gasteiger partial charge in [-0.1, -0.05) is 24.3 Å². The van der Waals surface area contributed by atoms with Gasteiger partial charge in [0.25, 0.3) is 5.91 Å². The highest BCUT2D eigenvalue weighted by Crippen LogP contribution is 2.15. The van der Waals surface area contributed by atoms with Gasteiger partial charge in [0.1, 0.15) is 0 Å². The fourth-order valence-electron chi connectivity index (χ4n) is 2.22. The Kier molecular flexibility index (Phi) is 6.27. The summed E-state index contributed by atoms with van der Waals surface area (Å²) in [5, 5.41) is 14.5. The zero-order valence-electron chi connectivity index (χ0n) is 14.5. The molecule has 2 rings (SSSR count). The topological polar surface area (TPSA) is 95.5 Å². The highest BCUT2D eigenvalue weighted by Gasteiger charge is 2.10. The Morgan fingerprint density at radius 1 is 1.00 bits per heavy atom. The molecule has 2 aromatic rings. The summed E-state index contributed by atoms with van der Waals surface area (Å²) in [5.74, 6) is -1.71. The van der Waals surface area contributed by atoms with Gasteiger partial charge in [0, 0.05) is 17.7 Å². The number of carbonyl (C=O) groups is 3. The number of para-hydroxylation sites is 1. The van der Waals surface area contributed by atoms with Gasteiger partial charge in [0.15, 0.2) is 0 Å². The zero-order chi connectivity index (χ0) is 19.1. The lowest BCUT2D eigenvalue weighted by molar-refractivity contribution is -0.111. The van der Waals surface area contributed by atoms with Gasteiger partial charge >= 0.3 is 5.97 Å². The fourth-order valence-corrected chi connectivity index (χ4v) is 2.22. The highest BCUT2D eigenvalue weighted by molar-refractivity contribution is 6.06. The SMILES string of the molecule is CC(C)NC(=O)c1ccc(/C=C/C(=O)Nc2ccccc2C(=O)O)cc1. The smallest absolute Gasteiger partial charge is 0.337 e. The fraction of sp³-hybridized carbons (Fsp3) is 0.150. The van der Waals surface area contributed by atoms with Gasteiger partial charge in [-0.25, -0.2) is 4.79 Å². The summed E-state index contributed by atoms with van der Waals surface area (Å²) in [5.41, 5.74) is 1.54. The van der Waals surface area contributed by atoms with Crippen molar-refractivity contribution in [2.45, 2.75) is 19.9 Å². The number of hydrogen-bond donors (Lipinski definition) is 3. The molecule has 0 radical (unpaired) electrons. The lowest BCUT2D eigenvalue weighted by Crippen LogP contribution is -2.29. The zero-order valence-corrected chi connectivity index (χ0v) is 14.5. The van der Waals surface area contributed by atoms with E-state index in [-0.39, 0.29) is 23.2 Å². The molecule has 0 aliphatic rings. The van der Waals surface area contributed by atoms with Crippen molar-refractivity contribution in [2.75, 3.05) is 5.32 Å². The molecule has 0 fully saturated rings. The van der Waals surface area contributed by atoms with E-state index in [1.165, 1.54) is 18.2 Å². The Labute approximate surface area is 151 Å². The van der Waals surface area contributed by atoms with Gasteiger partial charge in [-0.2, -0.15) is 0 Å². The van der Waals surface area contributed by atoms with Gasteiger partial charge in [-0.05, 0) is 49.8 Å². The molecule has 0 spiro atoms. The van der Waals surface area contributed by atoms with E-state index in [0.29, 0.717) is 5.56 Å². The maximum atomic E-state index is 12.0. The van der Waals surface area contributed by atoms with Crippen LogP contribution in [-0.4, -0.2) is 28.9 Å². The predicted molar refractivity (Wildman–Crippen MR) is 100 cm³/mol. The van der Waals surface area contributed by atoms with Gasteiger partial charge in [0.05, 0.1) is 11.3 Å². The molecule has 134 valence electrons. The molecule has 0 saturated heterocycles. The number of hydrogen-bond acceptors (Lipinski definition) is 3. The molecule has 0 aliphatic carbocycles. The van der Waals surface area contributed by atoms with E-state index in [1.807, 2.05) is 13.8 Å². The minimum Gasteiger partial charge on any atom is -0.478 e. The second-order valence-electron chi connectivity index (χ2n) is 5.92. The Hall–Kier alpha value is -3.41. The molecule has 0 bridgehead atoms. The van der Waals surface area contributed by atoms with Crippen molar-refractivity contribution in [3.63, 3.8) is 0 Å². The van der Waals surface area contributed by atoms with Crippen LogP contribution in [0.15, 0.2) is 54.6 Å². The largest absolute Gasteiger partial charge is 0.478 e. The van der Waals surface area contributed by atoms with Crippen molar-refractivity contribution in [3.05, 3.63) is 71.3 Å². The van der Waals surface area contributed by atoms with Crippen molar-refractivity contribution in [1.82, 2.24) is 5.32 Å². The molecule has 6 heteroatoms. The number of rotatable bonds is 6. The van der Waals surface area contributed by atoms with Crippen LogP contribution >= 0.6 is 0 Å². The number of amides is 2. The number of benzene rings is 2. The summed E-state index contributed by atoms with van der Waals surface area (Å²) in [6.45, 7) is 3.77. The Morgan fingerprint density at radius 3 is 2.27 bits per heavy atom. The molecule has 0 atom stereocenters. The minimum atomic E-state index is -1.11. The van der Waals surface area contributed by atoms with Crippen LogP contribution in [0.25, 0.3) is 6.08 Å². The van der Waals surface area contributed by atoms with Crippen LogP contribution in [0.4, 0.5) is 5.69 Å². The van der Waals surface area contributed by atoms with Crippen LogP contribution in [0.1, 0.15) is 40.1 Å². The number of carboxylic acids is 1. The molecule has 0 aliphatic heterocycles. The van der Waals surface area contributed by atoms with Crippen molar-refractivity contribution >= 4 is 29.5 Å². The van der Waals surface area contributed by atoms with Crippen LogP contribution in [0.2, 0.25) is 0 Å². The van der Waals surface area contributed by atoms with Crippen molar-refractivity contribution in [2.24, 2.45) is 0 Å². The van der Waals surface area contributed by atoms with E-state index in [0.717, 1.165) is 5.56 Å². The van der Waals surface area contributed by atoms with E-state index in [4.69, 9.17) is 5.11 Å². The van der Waals surface area contributed by atoms with Crippen molar-refractivity contribution in [1.29, 1.82) is 0 Å². The number of aromatic carboxylic acids is 1. The summed E-state index contributed by atoms with van der Waals surface area (Å²) in [4.78, 5) is 35.0. The number of carboxylic acid groups (broad SMARTS) is 1. The molecule has 26 heavy (non-hydrogen) atoms.